The first-order valence-electron chi connectivity index (χ1n) is 3.50. The number of fused-ring (bicyclic) bond motifs is 1. The molecule has 0 aliphatic rings. The van der Waals surface area contributed by atoms with Gasteiger partial charge in [0, 0.05) is 6.20 Å². The quantitative estimate of drug-likeness (QED) is 0.751. The number of hydrogen-bond acceptors (Lipinski definition) is 4. The van der Waals surface area contributed by atoms with Crippen LogP contribution in [-0.4, -0.2) is 22.8 Å². The van der Waals surface area contributed by atoms with Crippen molar-refractivity contribution in [3.63, 3.8) is 0 Å². The average Bonchev–Trinajstić information content (AvgIpc) is 2.38. The number of halogens is 1. The predicted molar refractivity (Wildman–Crippen MR) is 49.4 cm³/mol. The molecule has 0 amide bonds. The summed E-state index contributed by atoms with van der Waals surface area (Å²) in [7, 11) is -3.89. The van der Waals surface area contributed by atoms with Gasteiger partial charge in [-0.05, 0) is 6.07 Å². The first-order valence-corrected chi connectivity index (χ1v) is 5.43. The first-order chi connectivity index (χ1) is 6.50. The van der Waals surface area contributed by atoms with E-state index in [2.05, 4.69) is 9.97 Å². The standard InChI is InChI=1S/C6H5ClN4O2S/c7-5-6(14(8,12)13)11-3-9-2-1-4(11)10-5/h1-3H,(H2,8,12,13). The number of rotatable bonds is 1. The Morgan fingerprint density at radius 2 is 2.21 bits per heavy atom. The molecule has 0 fully saturated rings. The summed E-state index contributed by atoms with van der Waals surface area (Å²) >= 11 is 5.63. The highest BCUT2D eigenvalue weighted by atomic mass is 35.5. The Morgan fingerprint density at radius 1 is 1.50 bits per heavy atom. The number of nitrogens with two attached hydrogens (primary N) is 1. The van der Waals surface area contributed by atoms with Gasteiger partial charge in [0.2, 0.25) is 0 Å². The molecular formula is C6H5ClN4O2S. The van der Waals surface area contributed by atoms with Crippen LogP contribution in [0.5, 0.6) is 0 Å². The Kier molecular flexibility index (Phi) is 1.95. The first kappa shape index (κ1) is 9.38. The monoisotopic (exact) mass is 232 g/mol. The van der Waals surface area contributed by atoms with Crippen molar-refractivity contribution in [1.29, 1.82) is 0 Å². The van der Waals surface area contributed by atoms with Crippen molar-refractivity contribution in [1.82, 2.24) is 14.4 Å². The van der Waals surface area contributed by atoms with Crippen LogP contribution < -0.4 is 5.14 Å². The third-order valence-electron chi connectivity index (χ3n) is 1.62. The van der Waals surface area contributed by atoms with Gasteiger partial charge in [-0.15, -0.1) is 0 Å². The smallest absolute Gasteiger partial charge is 0.257 e. The normalized spacial score (nSPS) is 12.1. The summed E-state index contributed by atoms with van der Waals surface area (Å²) in [6, 6.07) is 1.53. The van der Waals surface area contributed by atoms with Crippen molar-refractivity contribution in [3.05, 3.63) is 23.7 Å². The zero-order valence-electron chi connectivity index (χ0n) is 6.75. The fraction of sp³-hybridized carbons (Fsp3) is 0. The third kappa shape index (κ3) is 1.35. The van der Waals surface area contributed by atoms with Crippen molar-refractivity contribution in [2.75, 3.05) is 0 Å². The van der Waals surface area contributed by atoms with Crippen molar-refractivity contribution >= 4 is 27.3 Å². The van der Waals surface area contributed by atoms with E-state index in [0.29, 0.717) is 5.65 Å². The summed E-state index contributed by atoms with van der Waals surface area (Å²) in [4.78, 5) is 7.55. The number of imidazole rings is 1. The second kappa shape index (κ2) is 2.91. The lowest BCUT2D eigenvalue weighted by Crippen LogP contribution is -2.15. The van der Waals surface area contributed by atoms with Crippen LogP contribution in [0.15, 0.2) is 23.6 Å². The van der Waals surface area contributed by atoms with E-state index in [-0.39, 0.29) is 10.2 Å². The maximum atomic E-state index is 11.1. The van der Waals surface area contributed by atoms with Crippen LogP contribution in [0.3, 0.4) is 0 Å². The van der Waals surface area contributed by atoms with Gasteiger partial charge < -0.3 is 0 Å². The number of hydrogen-bond donors (Lipinski definition) is 1. The van der Waals surface area contributed by atoms with Crippen molar-refractivity contribution in [2.45, 2.75) is 5.03 Å². The molecule has 2 heterocycles. The van der Waals surface area contributed by atoms with E-state index < -0.39 is 10.0 Å². The summed E-state index contributed by atoms with van der Waals surface area (Å²) in [5.74, 6) is 0. The molecular weight excluding hydrogens is 228 g/mol. The molecule has 0 atom stereocenters. The highest BCUT2D eigenvalue weighted by molar-refractivity contribution is 7.89. The molecule has 2 aromatic heterocycles. The molecule has 0 spiro atoms. The molecule has 0 bridgehead atoms. The number of sulfonamides is 1. The molecule has 2 rings (SSSR count). The molecule has 2 N–H and O–H groups in total. The van der Waals surface area contributed by atoms with Gasteiger partial charge in [0.1, 0.15) is 12.0 Å². The SMILES string of the molecule is NS(=O)(=O)c1c(Cl)nc2ccncn12. The van der Waals surface area contributed by atoms with E-state index >= 15 is 0 Å². The third-order valence-corrected chi connectivity index (χ3v) is 2.92. The van der Waals surface area contributed by atoms with E-state index in [1.807, 2.05) is 0 Å². The molecule has 14 heavy (non-hydrogen) atoms. The summed E-state index contributed by atoms with van der Waals surface area (Å²) in [5, 5.41) is 4.57. The summed E-state index contributed by atoms with van der Waals surface area (Å²) in [6.07, 6.45) is 2.76. The van der Waals surface area contributed by atoms with Gasteiger partial charge in [-0.25, -0.2) is 23.5 Å². The Bertz CT molecular complexity index is 591. The molecule has 0 unspecified atom stereocenters. The van der Waals surface area contributed by atoms with Gasteiger partial charge in [0.15, 0.2) is 10.2 Å². The zero-order valence-corrected chi connectivity index (χ0v) is 8.33. The maximum Gasteiger partial charge on any atom is 0.257 e. The van der Waals surface area contributed by atoms with Gasteiger partial charge in [-0.1, -0.05) is 11.6 Å². The van der Waals surface area contributed by atoms with E-state index in [9.17, 15) is 8.42 Å². The second-order valence-corrected chi connectivity index (χ2v) is 4.40. The molecule has 0 aliphatic heterocycles. The summed E-state index contributed by atoms with van der Waals surface area (Å²) in [6.45, 7) is 0. The minimum Gasteiger partial charge on any atom is -0.271 e. The lowest BCUT2D eigenvalue weighted by Gasteiger charge is -1.96. The molecule has 8 heteroatoms. The average molecular weight is 233 g/mol. The van der Waals surface area contributed by atoms with Gasteiger partial charge in [0.25, 0.3) is 10.0 Å². The van der Waals surface area contributed by atoms with Crippen LogP contribution in [0.1, 0.15) is 0 Å². The van der Waals surface area contributed by atoms with Crippen molar-refractivity contribution in [2.24, 2.45) is 5.14 Å². The van der Waals surface area contributed by atoms with Crippen LogP contribution >= 0.6 is 11.6 Å². The van der Waals surface area contributed by atoms with Crippen molar-refractivity contribution < 1.29 is 8.42 Å². The van der Waals surface area contributed by atoms with Crippen LogP contribution in [0.2, 0.25) is 5.15 Å². The number of aromatic nitrogens is 3. The molecule has 0 aliphatic carbocycles. The zero-order chi connectivity index (χ0) is 10.3. The fourth-order valence-corrected chi connectivity index (χ4v) is 2.30. The molecule has 0 saturated heterocycles. The van der Waals surface area contributed by atoms with E-state index in [1.54, 1.807) is 0 Å². The van der Waals surface area contributed by atoms with Crippen LogP contribution in [0.25, 0.3) is 5.65 Å². The second-order valence-electron chi connectivity index (χ2n) is 2.56. The molecule has 2 aromatic rings. The predicted octanol–water partition coefficient (Wildman–Crippen LogP) is 0.0301. The Morgan fingerprint density at radius 3 is 2.86 bits per heavy atom. The lowest BCUT2D eigenvalue weighted by molar-refractivity contribution is 0.593. The van der Waals surface area contributed by atoms with Crippen LogP contribution in [0, 0.1) is 0 Å². The maximum absolute atomic E-state index is 11.1. The van der Waals surface area contributed by atoms with Gasteiger partial charge in [0.05, 0.1) is 0 Å². The van der Waals surface area contributed by atoms with Crippen molar-refractivity contribution in [3.8, 4) is 0 Å². The minimum absolute atomic E-state index is 0.152. The van der Waals surface area contributed by atoms with Gasteiger partial charge >= 0.3 is 0 Å². The van der Waals surface area contributed by atoms with E-state index in [0.717, 1.165) is 0 Å². The van der Waals surface area contributed by atoms with Gasteiger partial charge in [-0.2, -0.15) is 0 Å². The summed E-state index contributed by atoms with van der Waals surface area (Å²) < 4.78 is 23.5. The van der Waals surface area contributed by atoms with E-state index in [1.165, 1.54) is 23.0 Å². The van der Waals surface area contributed by atoms with E-state index in [4.69, 9.17) is 16.7 Å². The Labute approximate surface area is 84.4 Å². The molecule has 74 valence electrons. The van der Waals surface area contributed by atoms with Crippen LogP contribution in [0.4, 0.5) is 0 Å². The topological polar surface area (TPSA) is 90.4 Å². The summed E-state index contributed by atoms with van der Waals surface area (Å²) in [5.41, 5.74) is 0.383. The largest absolute Gasteiger partial charge is 0.271 e. The molecule has 0 saturated carbocycles. The molecule has 0 aromatic carbocycles. The van der Waals surface area contributed by atoms with Crippen LogP contribution in [-0.2, 0) is 10.0 Å². The van der Waals surface area contributed by atoms with Gasteiger partial charge in [-0.3, -0.25) is 4.40 Å². The highest BCUT2D eigenvalue weighted by Crippen LogP contribution is 2.20. The number of primary sulfonamides is 1. The lowest BCUT2D eigenvalue weighted by atomic mass is 10.6. The highest BCUT2D eigenvalue weighted by Gasteiger charge is 2.20. The molecule has 0 radical (unpaired) electrons. The number of nitrogens with zero attached hydrogens (tertiary/aromatic N) is 3. The Balaban J connectivity index is 2.95. The minimum atomic E-state index is -3.89. The fourth-order valence-electron chi connectivity index (χ4n) is 1.10. The Hall–Kier alpha value is -1.18. The molecule has 6 nitrogen and oxygen atoms in total.